The van der Waals surface area contributed by atoms with Gasteiger partial charge < -0.3 is 4.74 Å². The summed E-state index contributed by atoms with van der Waals surface area (Å²) >= 11 is 0. The second-order valence-electron chi connectivity index (χ2n) is 3.20. The summed E-state index contributed by atoms with van der Waals surface area (Å²) in [5.74, 6) is 0.223. The molecular formula is C10H20O2. The van der Waals surface area contributed by atoms with Crippen molar-refractivity contribution in [3.63, 3.8) is 0 Å². The quantitative estimate of drug-likeness (QED) is 0.590. The summed E-state index contributed by atoms with van der Waals surface area (Å²) in [5.41, 5.74) is 0. The van der Waals surface area contributed by atoms with Crippen molar-refractivity contribution >= 4 is 5.78 Å². The highest BCUT2D eigenvalue weighted by Gasteiger charge is 2.04. The summed E-state index contributed by atoms with van der Waals surface area (Å²) < 4.78 is 5.35. The molecule has 0 radical (unpaired) electrons. The van der Waals surface area contributed by atoms with Crippen LogP contribution in [0.3, 0.4) is 0 Å². The molecule has 0 spiro atoms. The monoisotopic (exact) mass is 172 g/mol. The molecule has 0 rings (SSSR count). The SMILES string of the molecule is CCCC(=O)COC(C)CCC. The minimum Gasteiger partial charge on any atom is -0.371 e. The standard InChI is InChI=1S/C10H20O2/c1-4-6-9(3)12-8-10(11)7-5-2/h9H,4-8H2,1-3H3. The molecule has 0 aromatic carbocycles. The van der Waals surface area contributed by atoms with Crippen molar-refractivity contribution in [2.45, 2.75) is 52.6 Å². The van der Waals surface area contributed by atoms with Gasteiger partial charge >= 0.3 is 0 Å². The molecule has 0 bridgehead atoms. The summed E-state index contributed by atoms with van der Waals surface area (Å²) in [6, 6.07) is 0. The number of ketones is 1. The normalized spacial score (nSPS) is 12.9. The molecule has 0 heterocycles. The zero-order valence-corrected chi connectivity index (χ0v) is 8.43. The van der Waals surface area contributed by atoms with Crippen LogP contribution in [0, 0.1) is 0 Å². The second-order valence-corrected chi connectivity index (χ2v) is 3.20. The van der Waals surface area contributed by atoms with Crippen molar-refractivity contribution in [1.29, 1.82) is 0 Å². The van der Waals surface area contributed by atoms with Crippen LogP contribution < -0.4 is 0 Å². The summed E-state index contributed by atoms with van der Waals surface area (Å²) in [7, 11) is 0. The predicted octanol–water partition coefficient (Wildman–Crippen LogP) is 2.56. The Morgan fingerprint density at radius 1 is 1.33 bits per heavy atom. The van der Waals surface area contributed by atoms with Crippen LogP contribution in [0.1, 0.15) is 46.5 Å². The van der Waals surface area contributed by atoms with E-state index in [-0.39, 0.29) is 11.9 Å². The van der Waals surface area contributed by atoms with Gasteiger partial charge in [-0.15, -0.1) is 0 Å². The third-order valence-corrected chi connectivity index (χ3v) is 1.75. The first kappa shape index (κ1) is 11.6. The molecule has 0 aromatic heterocycles. The van der Waals surface area contributed by atoms with Gasteiger partial charge in [0.15, 0.2) is 5.78 Å². The number of carbonyl (C=O) groups excluding carboxylic acids is 1. The fraction of sp³-hybridized carbons (Fsp3) is 0.900. The number of Topliss-reactive ketones (excluding diaryl/α,β-unsaturated/α-hetero) is 1. The van der Waals surface area contributed by atoms with E-state index in [9.17, 15) is 4.79 Å². The molecule has 0 aliphatic rings. The average Bonchev–Trinajstić information content (AvgIpc) is 2.02. The Morgan fingerprint density at radius 2 is 2.00 bits per heavy atom. The van der Waals surface area contributed by atoms with Gasteiger partial charge in [0.2, 0.25) is 0 Å². The van der Waals surface area contributed by atoms with E-state index < -0.39 is 0 Å². The lowest BCUT2D eigenvalue weighted by Gasteiger charge is -2.10. The lowest BCUT2D eigenvalue weighted by molar-refractivity contribution is -0.125. The molecule has 2 nitrogen and oxygen atoms in total. The van der Waals surface area contributed by atoms with Gasteiger partial charge in [0, 0.05) is 6.42 Å². The first-order valence-electron chi connectivity index (χ1n) is 4.84. The van der Waals surface area contributed by atoms with Crippen LogP contribution in [0.15, 0.2) is 0 Å². The van der Waals surface area contributed by atoms with Crippen molar-refractivity contribution in [2.75, 3.05) is 6.61 Å². The molecule has 0 amide bonds. The zero-order chi connectivity index (χ0) is 9.40. The van der Waals surface area contributed by atoms with Gasteiger partial charge in [0.05, 0.1) is 6.10 Å². The molecule has 0 aliphatic carbocycles. The fourth-order valence-corrected chi connectivity index (χ4v) is 1.08. The zero-order valence-electron chi connectivity index (χ0n) is 8.43. The molecule has 2 heteroatoms. The smallest absolute Gasteiger partial charge is 0.158 e. The molecular weight excluding hydrogens is 152 g/mol. The highest BCUT2D eigenvalue weighted by atomic mass is 16.5. The van der Waals surface area contributed by atoms with E-state index in [4.69, 9.17) is 4.74 Å². The summed E-state index contributed by atoms with van der Waals surface area (Å²) in [6.07, 6.45) is 3.96. The Balaban J connectivity index is 3.33. The maximum absolute atomic E-state index is 11.0. The molecule has 0 saturated heterocycles. The van der Waals surface area contributed by atoms with E-state index in [0.29, 0.717) is 13.0 Å². The van der Waals surface area contributed by atoms with Crippen LogP contribution in [0.5, 0.6) is 0 Å². The number of hydrogen-bond donors (Lipinski definition) is 0. The average molecular weight is 172 g/mol. The minimum absolute atomic E-state index is 0.223. The molecule has 0 N–H and O–H groups in total. The molecule has 0 saturated carbocycles. The highest BCUT2D eigenvalue weighted by Crippen LogP contribution is 2.01. The molecule has 1 unspecified atom stereocenters. The fourth-order valence-electron chi connectivity index (χ4n) is 1.08. The topological polar surface area (TPSA) is 26.3 Å². The van der Waals surface area contributed by atoms with E-state index in [1.165, 1.54) is 0 Å². The van der Waals surface area contributed by atoms with Gasteiger partial charge in [-0.3, -0.25) is 4.79 Å². The molecule has 0 fully saturated rings. The lowest BCUT2D eigenvalue weighted by atomic mass is 10.2. The molecule has 0 aromatic rings. The Bertz CT molecular complexity index is 121. The number of rotatable bonds is 7. The molecule has 12 heavy (non-hydrogen) atoms. The lowest BCUT2D eigenvalue weighted by Crippen LogP contribution is -2.15. The third kappa shape index (κ3) is 6.35. The van der Waals surface area contributed by atoms with Crippen molar-refractivity contribution < 1.29 is 9.53 Å². The van der Waals surface area contributed by atoms with Crippen molar-refractivity contribution in [1.82, 2.24) is 0 Å². The van der Waals surface area contributed by atoms with Crippen LogP contribution in [0.2, 0.25) is 0 Å². The number of ether oxygens (including phenoxy) is 1. The van der Waals surface area contributed by atoms with E-state index in [0.717, 1.165) is 19.3 Å². The van der Waals surface area contributed by atoms with Gasteiger partial charge in [-0.05, 0) is 19.8 Å². The Labute approximate surface area is 75.3 Å². The second kappa shape index (κ2) is 7.29. The molecule has 0 aliphatic heterocycles. The van der Waals surface area contributed by atoms with Gasteiger partial charge in [0.1, 0.15) is 6.61 Å². The van der Waals surface area contributed by atoms with Crippen molar-refractivity contribution in [2.24, 2.45) is 0 Å². The molecule has 72 valence electrons. The summed E-state index contributed by atoms with van der Waals surface area (Å²) in [4.78, 5) is 11.0. The maximum Gasteiger partial charge on any atom is 0.158 e. The predicted molar refractivity (Wildman–Crippen MR) is 50.2 cm³/mol. The highest BCUT2D eigenvalue weighted by molar-refractivity contribution is 5.79. The molecule has 1 atom stereocenters. The van der Waals surface area contributed by atoms with Crippen LogP contribution >= 0.6 is 0 Å². The number of hydrogen-bond acceptors (Lipinski definition) is 2. The van der Waals surface area contributed by atoms with Crippen LogP contribution in [-0.4, -0.2) is 18.5 Å². The summed E-state index contributed by atoms with van der Waals surface area (Å²) in [6.45, 7) is 6.44. The van der Waals surface area contributed by atoms with Gasteiger partial charge in [-0.25, -0.2) is 0 Å². The van der Waals surface area contributed by atoms with E-state index >= 15 is 0 Å². The van der Waals surface area contributed by atoms with Crippen LogP contribution in [0.4, 0.5) is 0 Å². The first-order chi connectivity index (χ1) is 5.70. The van der Waals surface area contributed by atoms with Gasteiger partial charge in [-0.2, -0.15) is 0 Å². The van der Waals surface area contributed by atoms with Crippen molar-refractivity contribution in [3.05, 3.63) is 0 Å². The summed E-state index contributed by atoms with van der Waals surface area (Å²) in [5, 5.41) is 0. The van der Waals surface area contributed by atoms with E-state index in [2.05, 4.69) is 6.92 Å². The Kier molecular flexibility index (Phi) is 7.06. The number of carbonyl (C=O) groups is 1. The van der Waals surface area contributed by atoms with Crippen molar-refractivity contribution in [3.8, 4) is 0 Å². The minimum atomic E-state index is 0.223. The van der Waals surface area contributed by atoms with Gasteiger partial charge in [0.25, 0.3) is 0 Å². The Morgan fingerprint density at radius 3 is 2.50 bits per heavy atom. The first-order valence-corrected chi connectivity index (χ1v) is 4.84. The third-order valence-electron chi connectivity index (χ3n) is 1.75. The van der Waals surface area contributed by atoms with Crippen LogP contribution in [0.25, 0.3) is 0 Å². The Hall–Kier alpha value is -0.370. The van der Waals surface area contributed by atoms with E-state index in [1.54, 1.807) is 0 Å². The van der Waals surface area contributed by atoms with E-state index in [1.807, 2.05) is 13.8 Å². The maximum atomic E-state index is 11.0. The van der Waals surface area contributed by atoms with Crippen LogP contribution in [-0.2, 0) is 9.53 Å². The van der Waals surface area contributed by atoms with Gasteiger partial charge in [-0.1, -0.05) is 20.3 Å². The largest absolute Gasteiger partial charge is 0.371 e.